The highest BCUT2D eigenvalue weighted by molar-refractivity contribution is 5.74. The Bertz CT molecular complexity index is 804. The van der Waals surface area contributed by atoms with Gasteiger partial charge in [-0.2, -0.15) is 0 Å². The van der Waals surface area contributed by atoms with E-state index in [0.29, 0.717) is 6.54 Å². The molecule has 3 heterocycles. The van der Waals surface area contributed by atoms with Crippen LogP contribution in [0.25, 0.3) is 0 Å². The Morgan fingerprint density at radius 3 is 3.12 bits per heavy atom. The second-order valence-electron chi connectivity index (χ2n) is 7.95. The van der Waals surface area contributed by atoms with Crippen molar-refractivity contribution in [3.63, 3.8) is 0 Å². The second-order valence-corrected chi connectivity index (χ2v) is 7.95. The number of urea groups is 1. The average molecular weight is 343 g/mol. The lowest BCUT2D eigenvalue weighted by Gasteiger charge is -2.34. The number of aromatic nitrogens is 3. The van der Waals surface area contributed by atoms with E-state index >= 15 is 0 Å². The maximum absolute atomic E-state index is 12.4. The minimum atomic E-state index is -0.178. The van der Waals surface area contributed by atoms with Crippen molar-refractivity contribution in [3.8, 4) is 0 Å². The summed E-state index contributed by atoms with van der Waals surface area (Å²) in [7, 11) is 0. The monoisotopic (exact) mass is 343 g/mol. The van der Waals surface area contributed by atoms with E-state index in [-0.39, 0.29) is 17.5 Å². The van der Waals surface area contributed by atoms with Crippen molar-refractivity contribution in [2.24, 2.45) is 5.41 Å². The Labute approximate surface area is 147 Å². The fraction of sp³-hybridized carbons (Fsp3) is 0.611. The summed E-state index contributed by atoms with van der Waals surface area (Å²) in [5.41, 5.74) is 1.21. The first-order valence-corrected chi connectivity index (χ1v) is 8.96. The van der Waals surface area contributed by atoms with Crippen LogP contribution in [0.4, 0.5) is 4.79 Å². The lowest BCUT2D eigenvalue weighted by atomic mass is 9.75. The summed E-state index contributed by atoms with van der Waals surface area (Å²) in [6.07, 6.45) is 3.87. The zero-order valence-corrected chi connectivity index (χ0v) is 15.1. The predicted molar refractivity (Wildman–Crippen MR) is 92.0 cm³/mol. The van der Waals surface area contributed by atoms with Crippen LogP contribution in [0.3, 0.4) is 0 Å². The van der Waals surface area contributed by atoms with Gasteiger partial charge >= 0.3 is 6.03 Å². The van der Waals surface area contributed by atoms with E-state index in [1.165, 1.54) is 0 Å². The van der Waals surface area contributed by atoms with Gasteiger partial charge in [-0.3, -0.25) is 0 Å². The molecule has 2 amide bonds. The van der Waals surface area contributed by atoms with Gasteiger partial charge in [-0.15, -0.1) is 10.2 Å². The molecular formula is C18H25N5O2. The number of furan rings is 1. The van der Waals surface area contributed by atoms with Crippen LogP contribution >= 0.6 is 0 Å². The number of fused-ring (bicyclic) bond motifs is 2. The summed E-state index contributed by atoms with van der Waals surface area (Å²) in [6, 6.07) is 1.84. The van der Waals surface area contributed by atoms with Crippen molar-refractivity contribution in [2.75, 3.05) is 0 Å². The topological polar surface area (TPSA) is 85.0 Å². The van der Waals surface area contributed by atoms with Gasteiger partial charge in [0.05, 0.1) is 12.6 Å². The summed E-state index contributed by atoms with van der Waals surface area (Å²) in [5.74, 6) is 3.74. The highest BCUT2D eigenvalue weighted by Crippen LogP contribution is 2.41. The first kappa shape index (κ1) is 16.2. The summed E-state index contributed by atoms with van der Waals surface area (Å²) < 4.78 is 7.93. The minimum absolute atomic E-state index is 0.0275. The average Bonchev–Trinajstić information content (AvgIpc) is 3.19. The highest BCUT2D eigenvalue weighted by atomic mass is 16.3. The maximum atomic E-state index is 12.4. The van der Waals surface area contributed by atoms with Crippen molar-refractivity contribution in [2.45, 2.75) is 65.6 Å². The molecule has 2 N–H and O–H groups in total. The van der Waals surface area contributed by atoms with Crippen molar-refractivity contribution >= 4 is 6.03 Å². The number of nitrogens with zero attached hydrogens (tertiary/aromatic N) is 3. The molecule has 4 rings (SSSR count). The number of rotatable bonds is 3. The van der Waals surface area contributed by atoms with Crippen LogP contribution in [0.15, 0.2) is 10.5 Å². The SMILES string of the molecule is Cc1cc2c(o1)CC(C)(C)C[C@H]2NC(=O)NCc1nnc2n1CCC2. The smallest absolute Gasteiger partial charge is 0.315 e. The van der Waals surface area contributed by atoms with Crippen LogP contribution in [-0.2, 0) is 25.9 Å². The standard InChI is InChI=1S/C18H25N5O2/c1-11-7-12-13(8-18(2,3)9-14(12)25-11)20-17(24)19-10-16-22-21-15-5-4-6-23(15)16/h7,13H,4-6,8-10H2,1-3H3,(H2,19,20,24)/t13-/m1/s1. The van der Waals surface area contributed by atoms with E-state index in [2.05, 4.69) is 39.2 Å². The third-order valence-electron chi connectivity index (χ3n) is 5.13. The van der Waals surface area contributed by atoms with Crippen LogP contribution in [0.5, 0.6) is 0 Å². The Balaban J connectivity index is 1.42. The number of nitrogens with one attached hydrogen (secondary N) is 2. The highest BCUT2D eigenvalue weighted by Gasteiger charge is 2.35. The second kappa shape index (κ2) is 5.89. The van der Waals surface area contributed by atoms with Gasteiger partial charge < -0.3 is 19.6 Å². The Morgan fingerprint density at radius 2 is 2.28 bits per heavy atom. The van der Waals surface area contributed by atoms with Gasteiger partial charge in [0.15, 0.2) is 5.82 Å². The van der Waals surface area contributed by atoms with Crippen molar-refractivity contribution < 1.29 is 9.21 Å². The molecule has 0 saturated heterocycles. The molecule has 0 spiro atoms. The zero-order valence-electron chi connectivity index (χ0n) is 15.1. The van der Waals surface area contributed by atoms with Gasteiger partial charge in [0.2, 0.25) is 0 Å². The van der Waals surface area contributed by atoms with Crippen LogP contribution in [0.2, 0.25) is 0 Å². The molecule has 2 aromatic rings. The lowest BCUT2D eigenvalue weighted by Crippen LogP contribution is -2.41. The van der Waals surface area contributed by atoms with E-state index in [1.54, 1.807) is 0 Å². The summed E-state index contributed by atoms with van der Waals surface area (Å²) in [5, 5.41) is 14.4. The van der Waals surface area contributed by atoms with Gasteiger partial charge in [-0.05, 0) is 31.2 Å². The molecule has 7 nitrogen and oxygen atoms in total. The summed E-state index contributed by atoms with van der Waals surface area (Å²) >= 11 is 0. The Kier molecular flexibility index (Phi) is 3.81. The van der Waals surface area contributed by atoms with Crippen molar-refractivity contribution in [1.29, 1.82) is 0 Å². The third-order valence-corrected chi connectivity index (χ3v) is 5.13. The minimum Gasteiger partial charge on any atom is -0.466 e. The fourth-order valence-electron chi connectivity index (χ4n) is 4.02. The van der Waals surface area contributed by atoms with Gasteiger partial charge in [-0.25, -0.2) is 4.79 Å². The number of aryl methyl sites for hydroxylation is 2. The molecular weight excluding hydrogens is 318 g/mol. The molecule has 134 valence electrons. The summed E-state index contributed by atoms with van der Waals surface area (Å²) in [6.45, 7) is 7.70. The number of hydrogen-bond acceptors (Lipinski definition) is 4. The molecule has 0 radical (unpaired) electrons. The van der Waals surface area contributed by atoms with Crippen molar-refractivity contribution in [1.82, 2.24) is 25.4 Å². The number of amides is 2. The molecule has 1 aliphatic carbocycles. The molecule has 0 fully saturated rings. The van der Waals surface area contributed by atoms with Crippen LogP contribution in [0.1, 0.15) is 61.5 Å². The molecule has 2 aromatic heterocycles. The molecule has 0 saturated carbocycles. The van der Waals surface area contributed by atoms with E-state index in [1.807, 2.05) is 13.0 Å². The maximum Gasteiger partial charge on any atom is 0.315 e. The normalized spacial score (nSPS) is 20.8. The number of hydrogen-bond donors (Lipinski definition) is 2. The van der Waals surface area contributed by atoms with E-state index in [9.17, 15) is 4.79 Å². The first-order valence-electron chi connectivity index (χ1n) is 8.96. The zero-order chi connectivity index (χ0) is 17.6. The first-order chi connectivity index (χ1) is 11.9. The molecule has 0 unspecified atom stereocenters. The third kappa shape index (κ3) is 3.15. The summed E-state index contributed by atoms with van der Waals surface area (Å²) in [4.78, 5) is 12.4. The van der Waals surface area contributed by atoms with Gasteiger partial charge in [0, 0.05) is 24.9 Å². The molecule has 0 bridgehead atoms. The van der Waals surface area contributed by atoms with Crippen LogP contribution in [-0.4, -0.2) is 20.8 Å². The van der Waals surface area contributed by atoms with E-state index in [0.717, 1.165) is 61.0 Å². The van der Waals surface area contributed by atoms with Crippen LogP contribution in [0, 0.1) is 12.3 Å². The molecule has 2 aliphatic rings. The van der Waals surface area contributed by atoms with Crippen molar-refractivity contribution in [3.05, 3.63) is 34.8 Å². The lowest BCUT2D eigenvalue weighted by molar-refractivity contribution is 0.214. The Hall–Kier alpha value is -2.31. The number of carbonyl (C=O) groups excluding carboxylic acids is 1. The van der Waals surface area contributed by atoms with E-state index in [4.69, 9.17) is 4.42 Å². The quantitative estimate of drug-likeness (QED) is 0.897. The Morgan fingerprint density at radius 1 is 1.44 bits per heavy atom. The molecule has 1 aliphatic heterocycles. The predicted octanol–water partition coefficient (Wildman–Crippen LogP) is 2.64. The van der Waals surface area contributed by atoms with Gasteiger partial charge in [0.1, 0.15) is 17.3 Å². The van der Waals surface area contributed by atoms with Gasteiger partial charge in [-0.1, -0.05) is 13.8 Å². The molecule has 1 atom stereocenters. The van der Waals surface area contributed by atoms with E-state index < -0.39 is 0 Å². The largest absolute Gasteiger partial charge is 0.466 e. The fourth-order valence-corrected chi connectivity index (χ4v) is 4.02. The molecule has 0 aromatic carbocycles. The molecule has 7 heteroatoms. The molecule has 25 heavy (non-hydrogen) atoms. The van der Waals surface area contributed by atoms with Crippen LogP contribution < -0.4 is 10.6 Å². The number of carbonyl (C=O) groups is 1. The van der Waals surface area contributed by atoms with Gasteiger partial charge in [0.25, 0.3) is 0 Å².